The summed E-state index contributed by atoms with van der Waals surface area (Å²) in [5, 5.41) is 3.46. The van der Waals surface area contributed by atoms with Gasteiger partial charge in [0.25, 0.3) is 0 Å². The zero-order chi connectivity index (χ0) is 13.0. The summed E-state index contributed by atoms with van der Waals surface area (Å²) in [6.45, 7) is 8.26. The molecule has 1 saturated heterocycles. The number of anilines is 1. The Kier molecular flexibility index (Phi) is 5.03. The topological polar surface area (TPSA) is 24.5 Å². The van der Waals surface area contributed by atoms with E-state index >= 15 is 0 Å². The number of rotatable bonds is 4. The molecule has 0 amide bonds. The molecule has 0 spiro atoms. The Balaban J connectivity index is 1.77. The minimum Gasteiger partial charge on any atom is -0.384 e. The van der Waals surface area contributed by atoms with Crippen molar-refractivity contribution >= 4 is 21.6 Å². The number of halogens is 1. The molecule has 100 valence electrons. The highest BCUT2D eigenvalue weighted by Crippen LogP contribution is 2.16. The van der Waals surface area contributed by atoms with Gasteiger partial charge < -0.3 is 10.1 Å². The Labute approximate surface area is 118 Å². The number of hydrogen-bond acceptors (Lipinski definition) is 3. The Morgan fingerprint density at radius 3 is 3.06 bits per heavy atom. The van der Waals surface area contributed by atoms with Gasteiger partial charge in [0.15, 0.2) is 0 Å². The van der Waals surface area contributed by atoms with Crippen LogP contribution in [0, 0.1) is 0 Å². The van der Waals surface area contributed by atoms with Gasteiger partial charge in [-0.3, -0.25) is 4.90 Å². The van der Waals surface area contributed by atoms with Crippen LogP contribution >= 0.6 is 15.9 Å². The molecule has 1 aliphatic heterocycles. The first-order chi connectivity index (χ1) is 8.65. The SMILES string of the molecule is CC1CN(CCNc2cccc(Br)c2)C(C)CO1. The molecule has 1 N–H and O–H groups in total. The summed E-state index contributed by atoms with van der Waals surface area (Å²) in [7, 11) is 0. The maximum absolute atomic E-state index is 5.63. The summed E-state index contributed by atoms with van der Waals surface area (Å²) in [5.74, 6) is 0. The predicted molar refractivity (Wildman–Crippen MR) is 79.1 cm³/mol. The molecule has 3 nitrogen and oxygen atoms in total. The van der Waals surface area contributed by atoms with Gasteiger partial charge in [0.05, 0.1) is 12.7 Å². The van der Waals surface area contributed by atoms with Crippen LogP contribution in [0.1, 0.15) is 13.8 Å². The van der Waals surface area contributed by atoms with Gasteiger partial charge in [0.1, 0.15) is 0 Å². The lowest BCUT2D eigenvalue weighted by atomic mass is 10.2. The fourth-order valence-corrected chi connectivity index (χ4v) is 2.63. The lowest BCUT2D eigenvalue weighted by Crippen LogP contribution is -2.48. The van der Waals surface area contributed by atoms with Crippen LogP contribution < -0.4 is 5.32 Å². The van der Waals surface area contributed by atoms with Crippen LogP contribution in [0.25, 0.3) is 0 Å². The summed E-state index contributed by atoms with van der Waals surface area (Å²) in [6.07, 6.45) is 0.354. The van der Waals surface area contributed by atoms with Crippen LogP contribution in [0.5, 0.6) is 0 Å². The average molecular weight is 313 g/mol. The van der Waals surface area contributed by atoms with Crippen LogP contribution in [-0.2, 0) is 4.74 Å². The lowest BCUT2D eigenvalue weighted by Gasteiger charge is -2.36. The normalized spacial score (nSPS) is 25.1. The second kappa shape index (κ2) is 6.55. The molecule has 2 atom stereocenters. The van der Waals surface area contributed by atoms with Crippen molar-refractivity contribution in [3.63, 3.8) is 0 Å². The minimum atomic E-state index is 0.354. The molecule has 1 fully saturated rings. The van der Waals surface area contributed by atoms with Crippen molar-refractivity contribution in [3.05, 3.63) is 28.7 Å². The average Bonchev–Trinajstić information content (AvgIpc) is 2.34. The first-order valence-electron chi connectivity index (χ1n) is 6.50. The van der Waals surface area contributed by atoms with E-state index in [1.807, 2.05) is 12.1 Å². The molecule has 0 aromatic heterocycles. The Morgan fingerprint density at radius 2 is 2.28 bits per heavy atom. The molecule has 0 aliphatic carbocycles. The summed E-state index contributed by atoms with van der Waals surface area (Å²) in [5.41, 5.74) is 1.17. The van der Waals surface area contributed by atoms with Crippen LogP contribution in [-0.4, -0.2) is 43.3 Å². The fourth-order valence-electron chi connectivity index (χ4n) is 2.23. The first-order valence-corrected chi connectivity index (χ1v) is 7.29. The van der Waals surface area contributed by atoms with E-state index in [9.17, 15) is 0 Å². The highest BCUT2D eigenvalue weighted by Gasteiger charge is 2.22. The first kappa shape index (κ1) is 13.8. The number of hydrogen-bond donors (Lipinski definition) is 1. The molecule has 2 rings (SSSR count). The van der Waals surface area contributed by atoms with E-state index in [0.717, 1.165) is 30.7 Å². The molecule has 1 heterocycles. The minimum absolute atomic E-state index is 0.354. The van der Waals surface area contributed by atoms with E-state index in [-0.39, 0.29) is 0 Å². The molecule has 0 saturated carbocycles. The van der Waals surface area contributed by atoms with Crippen molar-refractivity contribution < 1.29 is 4.74 Å². The Hall–Kier alpha value is -0.580. The molecule has 18 heavy (non-hydrogen) atoms. The van der Waals surface area contributed by atoms with Gasteiger partial charge >= 0.3 is 0 Å². The third-order valence-electron chi connectivity index (χ3n) is 3.29. The van der Waals surface area contributed by atoms with Crippen molar-refractivity contribution in [1.29, 1.82) is 0 Å². The van der Waals surface area contributed by atoms with Gasteiger partial charge in [0, 0.05) is 35.8 Å². The third kappa shape index (κ3) is 3.97. The number of morpholine rings is 1. The van der Waals surface area contributed by atoms with Crippen molar-refractivity contribution in [2.24, 2.45) is 0 Å². The highest BCUT2D eigenvalue weighted by molar-refractivity contribution is 9.10. The summed E-state index contributed by atoms with van der Waals surface area (Å²) >= 11 is 3.48. The number of benzene rings is 1. The maximum atomic E-state index is 5.63. The van der Waals surface area contributed by atoms with E-state index in [1.165, 1.54) is 5.69 Å². The quantitative estimate of drug-likeness (QED) is 0.925. The second-order valence-electron chi connectivity index (χ2n) is 4.93. The van der Waals surface area contributed by atoms with Crippen molar-refractivity contribution in [1.82, 2.24) is 4.90 Å². The van der Waals surface area contributed by atoms with Gasteiger partial charge in [-0.05, 0) is 32.0 Å². The monoisotopic (exact) mass is 312 g/mol. The zero-order valence-electron chi connectivity index (χ0n) is 11.0. The number of ether oxygens (including phenoxy) is 1. The summed E-state index contributed by atoms with van der Waals surface area (Å²) < 4.78 is 6.74. The lowest BCUT2D eigenvalue weighted by molar-refractivity contribution is -0.0476. The Bertz CT molecular complexity index is 386. The van der Waals surface area contributed by atoms with Gasteiger partial charge in [-0.25, -0.2) is 0 Å². The molecule has 0 radical (unpaired) electrons. The smallest absolute Gasteiger partial charge is 0.0674 e. The standard InChI is InChI=1S/C14H21BrN2O/c1-11-10-18-12(2)9-17(11)7-6-16-14-5-3-4-13(15)8-14/h3-5,8,11-12,16H,6-7,9-10H2,1-2H3. The summed E-state index contributed by atoms with van der Waals surface area (Å²) in [6, 6.07) is 8.80. The Morgan fingerprint density at radius 1 is 1.44 bits per heavy atom. The van der Waals surface area contributed by atoms with E-state index in [4.69, 9.17) is 4.74 Å². The van der Waals surface area contributed by atoms with Crippen LogP contribution in [0.15, 0.2) is 28.7 Å². The highest BCUT2D eigenvalue weighted by atomic mass is 79.9. The molecule has 4 heteroatoms. The second-order valence-corrected chi connectivity index (χ2v) is 5.84. The largest absolute Gasteiger partial charge is 0.384 e. The molecular formula is C14H21BrN2O. The third-order valence-corrected chi connectivity index (χ3v) is 3.78. The van der Waals surface area contributed by atoms with Crippen molar-refractivity contribution in [2.45, 2.75) is 26.0 Å². The predicted octanol–water partition coefficient (Wildman–Crippen LogP) is 2.97. The molecule has 0 bridgehead atoms. The van der Waals surface area contributed by atoms with Gasteiger partial charge in [-0.15, -0.1) is 0 Å². The number of nitrogens with one attached hydrogen (secondary N) is 1. The van der Waals surface area contributed by atoms with Gasteiger partial charge in [-0.2, -0.15) is 0 Å². The van der Waals surface area contributed by atoms with Crippen LogP contribution in [0.3, 0.4) is 0 Å². The zero-order valence-corrected chi connectivity index (χ0v) is 12.6. The van der Waals surface area contributed by atoms with E-state index < -0.39 is 0 Å². The van der Waals surface area contributed by atoms with Gasteiger partial charge in [0.2, 0.25) is 0 Å². The van der Waals surface area contributed by atoms with Gasteiger partial charge in [-0.1, -0.05) is 22.0 Å². The van der Waals surface area contributed by atoms with E-state index in [2.05, 4.69) is 52.1 Å². The van der Waals surface area contributed by atoms with E-state index in [0.29, 0.717) is 12.1 Å². The maximum Gasteiger partial charge on any atom is 0.0674 e. The van der Waals surface area contributed by atoms with Crippen molar-refractivity contribution in [3.8, 4) is 0 Å². The molecule has 1 aromatic carbocycles. The number of nitrogens with zero attached hydrogens (tertiary/aromatic N) is 1. The van der Waals surface area contributed by atoms with Crippen molar-refractivity contribution in [2.75, 3.05) is 31.6 Å². The van der Waals surface area contributed by atoms with Crippen LogP contribution in [0.2, 0.25) is 0 Å². The van der Waals surface area contributed by atoms with E-state index in [1.54, 1.807) is 0 Å². The molecule has 1 aromatic rings. The molecular weight excluding hydrogens is 292 g/mol. The molecule has 1 aliphatic rings. The van der Waals surface area contributed by atoms with Crippen LogP contribution in [0.4, 0.5) is 5.69 Å². The summed E-state index contributed by atoms with van der Waals surface area (Å²) in [4.78, 5) is 2.49. The fraction of sp³-hybridized carbons (Fsp3) is 0.571. The molecule has 2 unspecified atom stereocenters.